The van der Waals surface area contributed by atoms with Gasteiger partial charge < -0.3 is 14.0 Å². The maximum atomic E-state index is 12.3. The zero-order chi connectivity index (χ0) is 20.1. The SMILES string of the molecule is CCOC(=O)CNOC(=O)Cc1c(-c2ccc(Cl)cc2)nc2ccc(Cl)cn12. The van der Waals surface area contributed by atoms with Gasteiger partial charge in [0, 0.05) is 16.8 Å². The standard InChI is InChI=1S/C19H17Cl2N3O4/c1-2-27-18(26)10-22-28-17(25)9-15-19(12-3-5-13(20)6-4-12)23-16-8-7-14(21)11-24(15)16/h3-8,11,22H,2,9-10H2,1H3. The second kappa shape index (κ2) is 9.05. The van der Waals surface area contributed by atoms with Gasteiger partial charge in [0.1, 0.15) is 12.2 Å². The summed E-state index contributed by atoms with van der Waals surface area (Å²) in [5.74, 6) is -1.10. The van der Waals surface area contributed by atoms with Gasteiger partial charge >= 0.3 is 11.9 Å². The van der Waals surface area contributed by atoms with Crippen LogP contribution in [-0.4, -0.2) is 34.5 Å². The van der Waals surface area contributed by atoms with Crippen molar-refractivity contribution in [2.24, 2.45) is 0 Å². The number of carbonyl (C=O) groups excluding carboxylic acids is 2. The molecule has 3 rings (SSSR count). The quantitative estimate of drug-likeness (QED) is 0.464. The monoisotopic (exact) mass is 421 g/mol. The van der Waals surface area contributed by atoms with Crippen molar-refractivity contribution in [1.82, 2.24) is 14.9 Å². The van der Waals surface area contributed by atoms with Crippen LogP contribution in [0.3, 0.4) is 0 Å². The smallest absolute Gasteiger partial charge is 0.330 e. The van der Waals surface area contributed by atoms with Crippen LogP contribution in [0.4, 0.5) is 0 Å². The Morgan fingerprint density at radius 1 is 1.07 bits per heavy atom. The van der Waals surface area contributed by atoms with Gasteiger partial charge in [-0.3, -0.25) is 4.79 Å². The van der Waals surface area contributed by atoms with E-state index in [0.717, 1.165) is 5.56 Å². The minimum atomic E-state index is -0.582. The molecule has 7 nitrogen and oxygen atoms in total. The van der Waals surface area contributed by atoms with Gasteiger partial charge in [-0.2, -0.15) is 0 Å². The number of nitrogens with zero attached hydrogens (tertiary/aromatic N) is 2. The Morgan fingerprint density at radius 3 is 2.50 bits per heavy atom. The van der Waals surface area contributed by atoms with E-state index in [1.165, 1.54) is 0 Å². The van der Waals surface area contributed by atoms with Crippen molar-refractivity contribution in [2.75, 3.05) is 13.2 Å². The number of ether oxygens (including phenoxy) is 1. The van der Waals surface area contributed by atoms with Gasteiger partial charge in [-0.15, -0.1) is 5.48 Å². The Morgan fingerprint density at radius 2 is 1.79 bits per heavy atom. The largest absolute Gasteiger partial charge is 0.465 e. The van der Waals surface area contributed by atoms with E-state index >= 15 is 0 Å². The molecule has 0 atom stereocenters. The number of aromatic nitrogens is 2. The molecular formula is C19H17Cl2N3O4. The second-order valence-electron chi connectivity index (χ2n) is 5.77. The van der Waals surface area contributed by atoms with E-state index in [0.29, 0.717) is 27.1 Å². The highest BCUT2D eigenvalue weighted by molar-refractivity contribution is 6.30. The fourth-order valence-electron chi connectivity index (χ4n) is 2.64. The number of hydrogen-bond donors (Lipinski definition) is 1. The van der Waals surface area contributed by atoms with Crippen molar-refractivity contribution in [1.29, 1.82) is 0 Å². The van der Waals surface area contributed by atoms with Crippen LogP contribution < -0.4 is 5.48 Å². The molecule has 0 saturated carbocycles. The first kappa shape index (κ1) is 20.1. The molecule has 146 valence electrons. The van der Waals surface area contributed by atoms with E-state index in [-0.39, 0.29) is 19.6 Å². The Bertz CT molecular complexity index is 1000. The van der Waals surface area contributed by atoms with E-state index in [1.54, 1.807) is 41.8 Å². The van der Waals surface area contributed by atoms with Crippen molar-refractivity contribution < 1.29 is 19.2 Å². The molecule has 9 heteroatoms. The summed E-state index contributed by atoms with van der Waals surface area (Å²) in [5.41, 5.74) is 4.96. The number of imidazole rings is 1. The maximum Gasteiger partial charge on any atom is 0.330 e. The third-order valence-corrected chi connectivity index (χ3v) is 4.29. The van der Waals surface area contributed by atoms with Crippen LogP contribution in [-0.2, 0) is 25.6 Å². The van der Waals surface area contributed by atoms with Crippen molar-refractivity contribution in [3.63, 3.8) is 0 Å². The molecule has 0 aliphatic carbocycles. The lowest BCUT2D eigenvalue weighted by Gasteiger charge is -2.07. The fraction of sp³-hybridized carbons (Fsp3) is 0.211. The molecule has 0 bridgehead atoms. The Kier molecular flexibility index (Phi) is 6.51. The van der Waals surface area contributed by atoms with Crippen molar-refractivity contribution in [3.05, 3.63) is 58.3 Å². The summed E-state index contributed by atoms with van der Waals surface area (Å²) >= 11 is 12.1. The van der Waals surface area contributed by atoms with Gasteiger partial charge in [0.05, 0.1) is 29.4 Å². The molecule has 0 saturated heterocycles. The number of fused-ring (bicyclic) bond motifs is 1. The van der Waals surface area contributed by atoms with Gasteiger partial charge in [-0.05, 0) is 31.2 Å². The van der Waals surface area contributed by atoms with Crippen molar-refractivity contribution in [2.45, 2.75) is 13.3 Å². The highest BCUT2D eigenvalue weighted by Crippen LogP contribution is 2.27. The molecule has 0 spiro atoms. The number of halogens is 2. The molecule has 2 heterocycles. The zero-order valence-electron chi connectivity index (χ0n) is 14.9. The molecule has 0 aliphatic rings. The number of nitrogens with one attached hydrogen (secondary N) is 1. The van der Waals surface area contributed by atoms with Crippen LogP contribution in [0.25, 0.3) is 16.9 Å². The first-order valence-electron chi connectivity index (χ1n) is 8.48. The molecule has 2 aromatic heterocycles. The third-order valence-electron chi connectivity index (χ3n) is 3.82. The van der Waals surface area contributed by atoms with Crippen LogP contribution in [0.2, 0.25) is 10.0 Å². The van der Waals surface area contributed by atoms with Gasteiger partial charge in [0.2, 0.25) is 0 Å². The third kappa shape index (κ3) is 4.81. The van der Waals surface area contributed by atoms with E-state index in [9.17, 15) is 9.59 Å². The number of pyridine rings is 1. The summed E-state index contributed by atoms with van der Waals surface area (Å²) in [7, 11) is 0. The Labute approximate surface area is 171 Å². The molecule has 3 aromatic rings. The Balaban J connectivity index is 1.85. The lowest BCUT2D eigenvalue weighted by atomic mass is 10.1. The molecule has 0 amide bonds. The number of rotatable bonds is 7. The molecular weight excluding hydrogens is 405 g/mol. The lowest BCUT2D eigenvalue weighted by Crippen LogP contribution is -2.28. The summed E-state index contributed by atoms with van der Waals surface area (Å²) < 4.78 is 6.49. The first-order valence-corrected chi connectivity index (χ1v) is 9.24. The molecule has 0 fully saturated rings. The van der Waals surface area contributed by atoms with E-state index in [1.807, 2.05) is 12.1 Å². The molecule has 1 N–H and O–H groups in total. The van der Waals surface area contributed by atoms with Crippen LogP contribution >= 0.6 is 23.2 Å². The zero-order valence-corrected chi connectivity index (χ0v) is 16.5. The predicted molar refractivity (Wildman–Crippen MR) is 105 cm³/mol. The van der Waals surface area contributed by atoms with Crippen molar-refractivity contribution in [3.8, 4) is 11.3 Å². The Hall–Kier alpha value is -2.61. The van der Waals surface area contributed by atoms with E-state index < -0.39 is 11.9 Å². The molecule has 1 aromatic carbocycles. The molecule has 0 aliphatic heterocycles. The van der Waals surface area contributed by atoms with Gasteiger partial charge in [0.25, 0.3) is 0 Å². The van der Waals surface area contributed by atoms with Crippen molar-refractivity contribution >= 4 is 40.8 Å². The maximum absolute atomic E-state index is 12.3. The molecule has 28 heavy (non-hydrogen) atoms. The number of benzene rings is 1. The summed E-state index contributed by atoms with van der Waals surface area (Å²) in [6.07, 6.45) is 1.59. The predicted octanol–water partition coefficient (Wildman–Crippen LogP) is 3.46. The van der Waals surface area contributed by atoms with Crippen LogP contribution in [0, 0.1) is 0 Å². The lowest BCUT2D eigenvalue weighted by molar-refractivity contribution is -0.154. The van der Waals surface area contributed by atoms with Gasteiger partial charge in [-0.25, -0.2) is 9.78 Å². The van der Waals surface area contributed by atoms with Crippen LogP contribution in [0.15, 0.2) is 42.6 Å². The van der Waals surface area contributed by atoms with E-state index in [4.69, 9.17) is 32.8 Å². The topological polar surface area (TPSA) is 81.9 Å². The second-order valence-corrected chi connectivity index (χ2v) is 6.64. The minimum Gasteiger partial charge on any atom is -0.465 e. The fourth-order valence-corrected chi connectivity index (χ4v) is 2.92. The van der Waals surface area contributed by atoms with Crippen LogP contribution in [0.1, 0.15) is 12.6 Å². The minimum absolute atomic E-state index is 0.0880. The van der Waals surface area contributed by atoms with Gasteiger partial charge in [0.15, 0.2) is 0 Å². The summed E-state index contributed by atoms with van der Waals surface area (Å²) in [4.78, 5) is 33.1. The average Bonchev–Trinajstić information content (AvgIpc) is 3.00. The molecule has 0 radical (unpaired) electrons. The normalized spacial score (nSPS) is 10.8. The summed E-state index contributed by atoms with van der Waals surface area (Å²) in [6.45, 7) is 1.71. The summed E-state index contributed by atoms with van der Waals surface area (Å²) in [5, 5.41) is 1.10. The highest BCUT2D eigenvalue weighted by Gasteiger charge is 2.18. The van der Waals surface area contributed by atoms with Crippen LogP contribution in [0.5, 0.6) is 0 Å². The van der Waals surface area contributed by atoms with Gasteiger partial charge in [-0.1, -0.05) is 35.3 Å². The number of hydroxylamine groups is 1. The average molecular weight is 422 g/mol. The number of hydrogen-bond acceptors (Lipinski definition) is 6. The summed E-state index contributed by atoms with van der Waals surface area (Å²) in [6, 6.07) is 10.6. The molecule has 0 unspecified atom stereocenters. The van der Waals surface area contributed by atoms with E-state index in [2.05, 4.69) is 10.5 Å². The number of carbonyl (C=O) groups is 2. The first-order chi connectivity index (χ1) is 13.5. The number of esters is 1. The highest BCUT2D eigenvalue weighted by atomic mass is 35.5.